The molecule has 1 aliphatic carbocycles. The molecule has 0 N–H and O–H groups in total. The first-order valence-corrected chi connectivity index (χ1v) is 9.17. The molecule has 1 saturated carbocycles. The third-order valence-corrected chi connectivity index (χ3v) is 5.44. The van der Waals surface area contributed by atoms with Crippen molar-refractivity contribution in [3.63, 3.8) is 0 Å². The molecule has 2 aromatic rings. The number of ether oxygens (including phenoxy) is 2. The predicted molar refractivity (Wildman–Crippen MR) is 92.6 cm³/mol. The lowest BCUT2D eigenvalue weighted by atomic mass is 9.95. The minimum absolute atomic E-state index is 0.0519. The van der Waals surface area contributed by atoms with E-state index < -0.39 is 35.1 Å². The highest BCUT2D eigenvalue weighted by Crippen LogP contribution is 2.56. The van der Waals surface area contributed by atoms with Crippen LogP contribution >= 0.6 is 0 Å². The van der Waals surface area contributed by atoms with Crippen LogP contribution in [0.25, 0.3) is 0 Å². The van der Waals surface area contributed by atoms with Crippen molar-refractivity contribution in [3.8, 4) is 11.5 Å². The molecule has 150 valence electrons. The van der Waals surface area contributed by atoms with Crippen molar-refractivity contribution in [2.45, 2.75) is 38.5 Å². The summed E-state index contributed by atoms with van der Waals surface area (Å²) in [6.07, 6.45) is -3.69. The second-order valence-corrected chi connectivity index (χ2v) is 7.33. The molecule has 2 nitrogen and oxygen atoms in total. The minimum Gasteiger partial charge on any atom is -0.489 e. The van der Waals surface area contributed by atoms with E-state index in [1.54, 1.807) is 6.07 Å². The van der Waals surface area contributed by atoms with Crippen molar-refractivity contribution in [1.29, 1.82) is 0 Å². The highest BCUT2D eigenvalue weighted by Gasteiger charge is 2.57. The molecule has 2 atom stereocenters. The molecule has 0 radical (unpaired) electrons. The molecule has 1 aliphatic heterocycles. The van der Waals surface area contributed by atoms with E-state index in [9.17, 15) is 13.2 Å². The maximum atomic E-state index is 15.1. The molecule has 28 heavy (non-hydrogen) atoms. The molecule has 0 bridgehead atoms. The Morgan fingerprint density at radius 1 is 1.04 bits per heavy atom. The first kappa shape index (κ1) is 19.0. The predicted octanol–water partition coefficient (Wildman–Crippen LogP) is 5.97. The Morgan fingerprint density at radius 3 is 2.54 bits per heavy atom. The SMILES string of the molecule is CCc1ccc2c(c1)OC[C@H]1CC1C(F)(F)c1cc(C(F)(F)F)ccc1CO2. The van der Waals surface area contributed by atoms with Gasteiger partial charge in [0.05, 0.1) is 12.2 Å². The van der Waals surface area contributed by atoms with Crippen LogP contribution in [0.15, 0.2) is 36.4 Å². The molecule has 1 heterocycles. The Hall–Kier alpha value is -2.31. The van der Waals surface area contributed by atoms with Gasteiger partial charge in [0, 0.05) is 17.4 Å². The Balaban J connectivity index is 1.77. The Labute approximate surface area is 159 Å². The summed E-state index contributed by atoms with van der Waals surface area (Å²) in [6, 6.07) is 7.84. The number of aryl methyl sites for hydroxylation is 1. The van der Waals surface area contributed by atoms with Gasteiger partial charge in [0.1, 0.15) is 6.61 Å². The molecule has 0 saturated heterocycles. The Bertz CT molecular complexity index is 891. The van der Waals surface area contributed by atoms with Crippen molar-refractivity contribution in [1.82, 2.24) is 0 Å². The van der Waals surface area contributed by atoms with Gasteiger partial charge in [-0.05, 0) is 48.2 Å². The zero-order valence-corrected chi connectivity index (χ0v) is 15.2. The number of halogens is 5. The summed E-state index contributed by atoms with van der Waals surface area (Å²) in [5.41, 5.74) is -0.619. The van der Waals surface area contributed by atoms with E-state index in [0.717, 1.165) is 24.1 Å². The fraction of sp³-hybridized carbons (Fsp3) is 0.429. The smallest absolute Gasteiger partial charge is 0.416 e. The molecule has 2 aromatic carbocycles. The van der Waals surface area contributed by atoms with Crippen LogP contribution in [0.3, 0.4) is 0 Å². The fourth-order valence-corrected chi connectivity index (χ4v) is 3.62. The minimum atomic E-state index is -4.69. The lowest BCUT2D eigenvalue weighted by molar-refractivity contribution is -0.137. The van der Waals surface area contributed by atoms with Crippen LogP contribution in [-0.2, 0) is 25.1 Å². The summed E-state index contributed by atoms with van der Waals surface area (Å²) in [5.74, 6) is -3.95. The topological polar surface area (TPSA) is 18.5 Å². The van der Waals surface area contributed by atoms with Crippen LogP contribution in [0.4, 0.5) is 22.0 Å². The van der Waals surface area contributed by atoms with Crippen molar-refractivity contribution >= 4 is 0 Å². The van der Waals surface area contributed by atoms with E-state index >= 15 is 8.78 Å². The van der Waals surface area contributed by atoms with Gasteiger partial charge >= 0.3 is 6.18 Å². The molecule has 0 amide bonds. The van der Waals surface area contributed by atoms with Crippen LogP contribution in [-0.4, -0.2) is 6.61 Å². The highest BCUT2D eigenvalue weighted by molar-refractivity contribution is 5.44. The standard InChI is InChI=1S/C21H19F5O2/c1-2-12-3-6-18-19(7-12)28-11-14-8-16(14)20(22,23)17-9-15(21(24,25)26)5-4-13(17)10-27-18/h3-7,9,14,16H,2,8,10-11H2,1H3/t14-,16?/m1/s1. The molecule has 2 aliphatic rings. The fourth-order valence-electron chi connectivity index (χ4n) is 3.62. The summed E-state index contributed by atoms with van der Waals surface area (Å²) in [5, 5.41) is 0. The number of fused-ring (bicyclic) bond motifs is 3. The van der Waals surface area contributed by atoms with Crippen molar-refractivity contribution in [2.75, 3.05) is 6.61 Å². The Morgan fingerprint density at radius 2 is 1.82 bits per heavy atom. The van der Waals surface area contributed by atoms with Crippen LogP contribution in [0, 0.1) is 11.8 Å². The lowest BCUT2D eigenvalue weighted by Gasteiger charge is -2.22. The summed E-state index contributed by atoms with van der Waals surface area (Å²) in [7, 11) is 0. The van der Waals surface area contributed by atoms with Gasteiger partial charge in [-0.15, -0.1) is 0 Å². The highest BCUT2D eigenvalue weighted by atomic mass is 19.4. The number of hydrogen-bond acceptors (Lipinski definition) is 2. The van der Waals surface area contributed by atoms with Gasteiger partial charge in [0.2, 0.25) is 0 Å². The van der Waals surface area contributed by atoms with Gasteiger partial charge in [-0.25, -0.2) is 8.78 Å². The maximum Gasteiger partial charge on any atom is 0.416 e. The number of alkyl halides is 5. The molecule has 0 spiro atoms. The van der Waals surface area contributed by atoms with Gasteiger partial charge in [-0.3, -0.25) is 0 Å². The average molecular weight is 398 g/mol. The van der Waals surface area contributed by atoms with Crippen molar-refractivity contribution in [3.05, 3.63) is 58.7 Å². The van der Waals surface area contributed by atoms with Gasteiger partial charge in [0.25, 0.3) is 5.92 Å². The van der Waals surface area contributed by atoms with Crippen molar-refractivity contribution in [2.24, 2.45) is 11.8 Å². The molecular weight excluding hydrogens is 379 g/mol. The van der Waals surface area contributed by atoms with Crippen molar-refractivity contribution < 1.29 is 31.4 Å². The molecule has 1 unspecified atom stereocenters. The largest absolute Gasteiger partial charge is 0.489 e. The normalized spacial score (nSPS) is 23.2. The van der Waals surface area contributed by atoms with Crippen LogP contribution < -0.4 is 9.47 Å². The Kier molecular flexibility index (Phi) is 4.51. The summed E-state index contributed by atoms with van der Waals surface area (Å²) in [4.78, 5) is 0. The number of rotatable bonds is 1. The third kappa shape index (κ3) is 3.42. The monoisotopic (exact) mass is 398 g/mol. The third-order valence-electron chi connectivity index (χ3n) is 5.44. The number of benzene rings is 2. The number of hydrogen-bond donors (Lipinski definition) is 0. The van der Waals surface area contributed by atoms with Gasteiger partial charge < -0.3 is 9.47 Å². The zero-order valence-electron chi connectivity index (χ0n) is 15.2. The van der Waals surface area contributed by atoms with E-state index in [1.807, 2.05) is 19.1 Å². The quantitative estimate of drug-likeness (QED) is 0.551. The van der Waals surface area contributed by atoms with Crippen LogP contribution in [0.5, 0.6) is 11.5 Å². The van der Waals surface area contributed by atoms with E-state index in [4.69, 9.17) is 9.47 Å². The average Bonchev–Trinajstić information content (AvgIpc) is 3.44. The second-order valence-electron chi connectivity index (χ2n) is 7.33. The van der Waals surface area contributed by atoms with Gasteiger partial charge in [-0.1, -0.05) is 19.1 Å². The van der Waals surface area contributed by atoms with Gasteiger partial charge in [-0.2, -0.15) is 13.2 Å². The van der Waals surface area contributed by atoms with Crippen LogP contribution in [0.1, 0.15) is 35.6 Å². The van der Waals surface area contributed by atoms with E-state index in [-0.39, 0.29) is 25.2 Å². The molecule has 0 aromatic heterocycles. The second kappa shape index (κ2) is 6.64. The summed E-state index contributed by atoms with van der Waals surface area (Å²) >= 11 is 0. The van der Waals surface area contributed by atoms with E-state index in [1.165, 1.54) is 0 Å². The molecule has 7 heteroatoms. The summed E-state index contributed by atoms with van der Waals surface area (Å²) in [6.45, 7) is 1.81. The zero-order chi connectivity index (χ0) is 20.1. The van der Waals surface area contributed by atoms with E-state index in [2.05, 4.69) is 0 Å². The van der Waals surface area contributed by atoms with E-state index in [0.29, 0.717) is 17.6 Å². The lowest BCUT2D eigenvalue weighted by Crippen LogP contribution is -2.22. The molecule has 1 fully saturated rings. The van der Waals surface area contributed by atoms with Gasteiger partial charge in [0.15, 0.2) is 11.5 Å². The maximum absolute atomic E-state index is 15.1. The molecular formula is C21H19F5O2. The first-order chi connectivity index (χ1) is 13.2. The van der Waals surface area contributed by atoms with Crippen LogP contribution in [0.2, 0.25) is 0 Å². The first-order valence-electron chi connectivity index (χ1n) is 9.17. The molecule has 4 rings (SSSR count). The summed E-state index contributed by atoms with van der Waals surface area (Å²) < 4.78 is 80.8.